The summed E-state index contributed by atoms with van der Waals surface area (Å²) in [5.41, 5.74) is 5.67. The van der Waals surface area contributed by atoms with E-state index in [4.69, 9.17) is 4.74 Å². The summed E-state index contributed by atoms with van der Waals surface area (Å²) < 4.78 is 24.4. The maximum absolute atomic E-state index is 15.5. The van der Waals surface area contributed by atoms with Crippen LogP contribution in [0.4, 0.5) is 27.3 Å². The van der Waals surface area contributed by atoms with E-state index in [1.54, 1.807) is 30.4 Å². The number of amides is 1. The van der Waals surface area contributed by atoms with Crippen molar-refractivity contribution < 1.29 is 19.0 Å². The third-order valence-corrected chi connectivity index (χ3v) is 11.0. The number of ether oxygens (including phenoxy) is 1. The molecule has 3 aliphatic heterocycles. The van der Waals surface area contributed by atoms with Gasteiger partial charge in [0.25, 0.3) is 11.5 Å². The summed E-state index contributed by atoms with van der Waals surface area (Å²) in [6, 6.07) is 10.6. The quantitative estimate of drug-likeness (QED) is 0.274. The lowest BCUT2D eigenvalue weighted by Gasteiger charge is -2.45. The molecular formula is C40H44FN7O4. The molecule has 2 saturated heterocycles. The molecule has 6 heterocycles. The number of carbonyl (C=O) groups is 1. The molecule has 52 heavy (non-hydrogen) atoms. The highest BCUT2D eigenvalue weighted by atomic mass is 19.1. The number of hydrogen-bond acceptors (Lipinski definition) is 8. The van der Waals surface area contributed by atoms with Gasteiger partial charge in [0.15, 0.2) is 0 Å². The van der Waals surface area contributed by atoms with E-state index in [2.05, 4.69) is 50.4 Å². The van der Waals surface area contributed by atoms with Crippen molar-refractivity contribution in [1.82, 2.24) is 19.0 Å². The molecule has 1 amide bonds. The summed E-state index contributed by atoms with van der Waals surface area (Å²) >= 11 is 0. The van der Waals surface area contributed by atoms with E-state index in [1.165, 1.54) is 28.0 Å². The summed E-state index contributed by atoms with van der Waals surface area (Å²) in [6.07, 6.45) is 5.22. The highest BCUT2D eigenvalue weighted by Crippen LogP contribution is 2.41. The molecule has 12 heteroatoms. The number of nitrogens with zero attached hydrogens (tertiary/aromatic N) is 6. The highest BCUT2D eigenvalue weighted by Gasteiger charge is 2.38. The number of anilines is 4. The standard InChI is InChI=1S/C40H44FN7O4/c1-5-6-29-21-45(30-23-52-24-30)9-10-46(29)28-7-8-37(42-19-28)43-33-13-26(20-44(4)38(33)50)31-15-27(41)16-34(32(31)22-49)48-12-11-47-35(39(48)51)14-25-17-40(2,3)18-36(25)47/h7-8,13-16,19-20,29-30,49H,9-12,17-18,21-24H2,1-4H3,(H,42,43). The molecule has 0 saturated carbocycles. The van der Waals surface area contributed by atoms with E-state index < -0.39 is 12.4 Å². The van der Waals surface area contributed by atoms with Gasteiger partial charge in [-0.2, -0.15) is 0 Å². The van der Waals surface area contributed by atoms with Gasteiger partial charge < -0.3 is 34.1 Å². The van der Waals surface area contributed by atoms with E-state index in [9.17, 15) is 14.7 Å². The molecule has 270 valence electrons. The second kappa shape index (κ2) is 13.2. The summed E-state index contributed by atoms with van der Waals surface area (Å²) in [4.78, 5) is 38.2. The van der Waals surface area contributed by atoms with Crippen LogP contribution in [0.1, 0.15) is 48.1 Å². The van der Waals surface area contributed by atoms with Crippen molar-refractivity contribution in [3.63, 3.8) is 0 Å². The molecule has 0 spiro atoms. The van der Waals surface area contributed by atoms with Gasteiger partial charge in [-0.1, -0.05) is 19.8 Å². The van der Waals surface area contributed by atoms with Gasteiger partial charge in [0, 0.05) is 62.8 Å². The van der Waals surface area contributed by atoms with Gasteiger partial charge in [-0.3, -0.25) is 14.5 Å². The minimum atomic E-state index is -0.547. The van der Waals surface area contributed by atoms with E-state index in [0.717, 1.165) is 51.4 Å². The normalized spacial score (nSPS) is 19.9. The van der Waals surface area contributed by atoms with Crippen molar-refractivity contribution in [2.75, 3.05) is 54.5 Å². The molecule has 2 fully saturated rings. The van der Waals surface area contributed by atoms with Gasteiger partial charge in [0.05, 0.1) is 43.4 Å². The second-order valence-electron chi connectivity index (χ2n) is 15.1. The molecule has 3 aromatic heterocycles. The minimum Gasteiger partial charge on any atom is -0.392 e. The van der Waals surface area contributed by atoms with Gasteiger partial charge >= 0.3 is 0 Å². The summed E-state index contributed by atoms with van der Waals surface area (Å²) in [5, 5.41) is 13.9. The van der Waals surface area contributed by atoms with Crippen LogP contribution in [0.15, 0.2) is 53.6 Å². The number of fused-ring (bicyclic) bond motifs is 3. The number of nitrogens with one attached hydrogen (secondary N) is 1. The van der Waals surface area contributed by atoms with Crippen LogP contribution < -0.4 is 20.7 Å². The first-order chi connectivity index (χ1) is 25.0. The van der Waals surface area contributed by atoms with Crippen molar-refractivity contribution in [3.8, 4) is 23.0 Å². The predicted octanol–water partition coefficient (Wildman–Crippen LogP) is 4.32. The Kier molecular flexibility index (Phi) is 8.68. The van der Waals surface area contributed by atoms with E-state index >= 15 is 4.39 Å². The van der Waals surface area contributed by atoms with E-state index in [-0.39, 0.29) is 28.6 Å². The molecule has 8 rings (SSSR count). The molecule has 11 nitrogen and oxygen atoms in total. The number of hydrogen-bond donors (Lipinski definition) is 2. The minimum absolute atomic E-state index is 0.0275. The molecular weight excluding hydrogens is 661 g/mol. The van der Waals surface area contributed by atoms with Crippen molar-refractivity contribution in [2.24, 2.45) is 12.5 Å². The Hall–Kier alpha value is -4.96. The highest BCUT2D eigenvalue weighted by molar-refractivity contribution is 6.07. The fourth-order valence-electron chi connectivity index (χ4n) is 8.31. The Morgan fingerprint density at radius 2 is 1.90 bits per heavy atom. The summed E-state index contributed by atoms with van der Waals surface area (Å²) in [7, 11) is 1.62. The average molecular weight is 706 g/mol. The summed E-state index contributed by atoms with van der Waals surface area (Å²) in [5.74, 6) is 6.14. The Morgan fingerprint density at radius 3 is 2.62 bits per heavy atom. The smallest absolute Gasteiger partial charge is 0.274 e. The van der Waals surface area contributed by atoms with Crippen LogP contribution in [0.25, 0.3) is 11.1 Å². The van der Waals surface area contributed by atoms with Crippen LogP contribution in [0.2, 0.25) is 0 Å². The Labute approximate surface area is 302 Å². The molecule has 2 N–H and O–H groups in total. The van der Waals surface area contributed by atoms with Crippen LogP contribution in [-0.4, -0.2) is 81.5 Å². The first-order valence-electron chi connectivity index (χ1n) is 17.9. The zero-order valence-corrected chi connectivity index (χ0v) is 30.1. The van der Waals surface area contributed by atoms with Gasteiger partial charge in [-0.05, 0) is 72.7 Å². The molecule has 0 bridgehead atoms. The van der Waals surface area contributed by atoms with Crippen LogP contribution in [0.3, 0.4) is 0 Å². The van der Waals surface area contributed by atoms with Crippen LogP contribution >= 0.6 is 0 Å². The largest absolute Gasteiger partial charge is 0.392 e. The number of pyridine rings is 2. The number of aliphatic hydroxyl groups is 1. The Morgan fingerprint density at radius 1 is 1.08 bits per heavy atom. The number of rotatable bonds is 7. The zero-order chi connectivity index (χ0) is 36.3. The number of aromatic nitrogens is 3. The fraction of sp³-hybridized carbons (Fsp3) is 0.425. The van der Waals surface area contributed by atoms with Crippen molar-refractivity contribution in [1.29, 1.82) is 0 Å². The lowest BCUT2D eigenvalue weighted by atomic mass is 9.90. The lowest BCUT2D eigenvalue weighted by molar-refractivity contribution is -0.0680. The average Bonchev–Trinajstić information content (AvgIpc) is 3.58. The molecule has 4 aliphatic rings. The number of piperazine rings is 1. The predicted molar refractivity (Wildman–Crippen MR) is 199 cm³/mol. The molecule has 0 radical (unpaired) electrons. The fourth-order valence-corrected chi connectivity index (χ4v) is 8.31. The molecule has 1 aliphatic carbocycles. The third-order valence-electron chi connectivity index (χ3n) is 11.0. The van der Waals surface area contributed by atoms with Gasteiger partial charge in [-0.15, -0.1) is 5.92 Å². The van der Waals surface area contributed by atoms with E-state index in [1.807, 2.05) is 25.1 Å². The number of carbonyl (C=O) groups excluding carboxylic acids is 1. The molecule has 1 unspecified atom stereocenters. The monoisotopic (exact) mass is 705 g/mol. The van der Waals surface area contributed by atoms with Crippen molar-refractivity contribution >= 4 is 28.8 Å². The maximum atomic E-state index is 15.5. The van der Waals surface area contributed by atoms with Crippen molar-refractivity contribution in [2.45, 2.75) is 58.8 Å². The summed E-state index contributed by atoms with van der Waals surface area (Å²) in [6.45, 7) is 10.9. The van der Waals surface area contributed by atoms with Crippen molar-refractivity contribution in [3.05, 3.63) is 87.5 Å². The molecule has 1 atom stereocenters. The van der Waals surface area contributed by atoms with E-state index in [0.29, 0.717) is 53.0 Å². The molecule has 4 aromatic rings. The zero-order valence-electron chi connectivity index (χ0n) is 30.1. The first kappa shape index (κ1) is 34.1. The third kappa shape index (κ3) is 6.06. The first-order valence-corrected chi connectivity index (χ1v) is 17.9. The van der Waals surface area contributed by atoms with Crippen LogP contribution in [0, 0.1) is 23.1 Å². The van der Waals surface area contributed by atoms with Crippen LogP contribution in [0.5, 0.6) is 0 Å². The molecule has 1 aromatic carbocycles. The lowest BCUT2D eigenvalue weighted by Crippen LogP contribution is -2.60. The Bertz CT molecular complexity index is 2180. The topological polar surface area (TPSA) is 108 Å². The SMILES string of the molecule is CC#CC1CN(C2COC2)CCN1c1ccc(Nc2cc(-c3cc(F)cc(N4CCn5c(cc6c5CC(C)(C)C6)C4=O)c3CO)cn(C)c2=O)nc1. The number of benzene rings is 1. The Balaban J connectivity index is 1.06. The van der Waals surface area contributed by atoms with Gasteiger partial charge in [0.1, 0.15) is 29.1 Å². The number of halogens is 1. The number of aryl methyl sites for hydroxylation is 1. The van der Waals surface area contributed by atoms with Crippen LogP contribution in [-0.2, 0) is 37.8 Å². The van der Waals surface area contributed by atoms with Gasteiger partial charge in [-0.25, -0.2) is 9.37 Å². The van der Waals surface area contributed by atoms with Gasteiger partial charge in [0.2, 0.25) is 0 Å². The second-order valence-corrected chi connectivity index (χ2v) is 15.1. The maximum Gasteiger partial charge on any atom is 0.274 e. The number of aliphatic hydroxyl groups excluding tert-OH is 1.